The first-order valence-electron chi connectivity index (χ1n) is 11.2. The van der Waals surface area contributed by atoms with Gasteiger partial charge in [0, 0.05) is 18.5 Å². The third kappa shape index (κ3) is 9.77. The second-order valence-electron chi connectivity index (χ2n) is 8.67. The smallest absolute Gasteiger partial charge is 0.309 e. The van der Waals surface area contributed by atoms with Crippen LogP contribution in [0.15, 0.2) is 38.8 Å². The van der Waals surface area contributed by atoms with E-state index in [9.17, 15) is 31.5 Å². The number of carbonyl (C=O) groups is 2. The lowest BCUT2D eigenvalue weighted by atomic mass is 10.0. The van der Waals surface area contributed by atoms with Gasteiger partial charge in [-0.25, -0.2) is 8.42 Å². The van der Waals surface area contributed by atoms with Gasteiger partial charge in [0.25, 0.3) is 10.1 Å². The average Bonchev–Trinajstić information content (AvgIpc) is 3.41. The number of carboxylic acid groups (broad SMARTS) is 1. The van der Waals surface area contributed by atoms with Crippen LogP contribution in [0.2, 0.25) is 0 Å². The van der Waals surface area contributed by atoms with E-state index in [4.69, 9.17) is 25.1 Å². The van der Waals surface area contributed by atoms with Gasteiger partial charge in [0.2, 0.25) is 5.91 Å². The second-order valence-corrected chi connectivity index (χ2v) is 12.1. The van der Waals surface area contributed by atoms with Crippen LogP contribution in [-0.4, -0.2) is 79.7 Å². The van der Waals surface area contributed by atoms with Crippen molar-refractivity contribution in [3.05, 3.63) is 46.8 Å². The molecule has 17 heteroatoms. The fourth-order valence-corrected chi connectivity index (χ4v) is 5.47. The summed E-state index contributed by atoms with van der Waals surface area (Å²) < 4.78 is 56.1. The Morgan fingerprint density at radius 1 is 1.21 bits per heavy atom. The summed E-state index contributed by atoms with van der Waals surface area (Å²) in [5.41, 5.74) is 7.56. The highest BCUT2D eigenvalue weighted by Gasteiger charge is 2.32. The fraction of sp³-hybridized carbons (Fsp3) is 0.409. The highest BCUT2D eigenvalue weighted by atomic mass is 32.2. The number of amides is 1. The number of nitrogens with two attached hydrogens (primary N) is 1. The summed E-state index contributed by atoms with van der Waals surface area (Å²) in [6, 6.07) is 6.86. The monoisotopic (exact) mass is 587 g/mol. The predicted molar refractivity (Wildman–Crippen MR) is 138 cm³/mol. The topological polar surface area (TPSA) is 252 Å². The molecule has 15 nitrogen and oxygen atoms in total. The number of benzene rings is 1. The number of hydrogen-bond acceptors (Lipinski definition) is 11. The molecule has 0 bridgehead atoms. The van der Waals surface area contributed by atoms with Gasteiger partial charge in [0.1, 0.15) is 16.8 Å². The second kappa shape index (κ2) is 12.8. The lowest BCUT2D eigenvalue weighted by Crippen LogP contribution is -2.38. The lowest BCUT2D eigenvalue weighted by molar-refractivity contribution is -0.141. The van der Waals surface area contributed by atoms with E-state index < -0.39 is 49.6 Å². The Morgan fingerprint density at radius 2 is 1.79 bits per heavy atom. The molecule has 0 spiro atoms. The third-order valence-corrected chi connectivity index (χ3v) is 7.32. The molecule has 0 saturated heterocycles. The SMILES string of the molecule is CS(=O)(=O)O.Cc1noc(C)c1S(=O)(=O)C[C@H](CNC(=O)C[C@H]1CC(c2ccc(C(=N)N)cc2)=NO1)C(=O)O. The number of amidine groups is 1. The maximum Gasteiger partial charge on any atom is 0.309 e. The zero-order valence-electron chi connectivity index (χ0n) is 21.2. The van der Waals surface area contributed by atoms with E-state index in [-0.39, 0.29) is 35.2 Å². The maximum atomic E-state index is 12.7. The molecule has 3 rings (SSSR count). The van der Waals surface area contributed by atoms with Gasteiger partial charge in [-0.15, -0.1) is 0 Å². The number of oxime groups is 1. The van der Waals surface area contributed by atoms with Crippen LogP contribution < -0.4 is 11.1 Å². The number of aromatic nitrogens is 1. The molecule has 2 aromatic rings. The number of sulfone groups is 1. The highest BCUT2D eigenvalue weighted by molar-refractivity contribution is 7.91. The van der Waals surface area contributed by atoms with Crippen LogP contribution in [0.4, 0.5) is 0 Å². The van der Waals surface area contributed by atoms with Crippen LogP contribution in [-0.2, 0) is 34.4 Å². The first-order chi connectivity index (χ1) is 18.0. The molecule has 2 heterocycles. The zero-order chi connectivity index (χ0) is 29.5. The number of rotatable bonds is 10. The largest absolute Gasteiger partial charge is 0.481 e. The summed E-state index contributed by atoms with van der Waals surface area (Å²) in [6.45, 7) is 2.51. The number of aliphatic carboxylic acids is 1. The Bertz CT molecular complexity index is 1440. The Kier molecular flexibility index (Phi) is 10.3. The number of carbonyl (C=O) groups excluding carboxylic acids is 1. The molecule has 6 N–H and O–H groups in total. The minimum Gasteiger partial charge on any atom is -0.481 e. The molecular weight excluding hydrogens is 558 g/mol. The van der Waals surface area contributed by atoms with E-state index in [1.807, 2.05) is 0 Å². The Labute approximate surface area is 224 Å². The van der Waals surface area contributed by atoms with Gasteiger partial charge in [-0.1, -0.05) is 34.6 Å². The molecule has 1 aliphatic heterocycles. The van der Waals surface area contributed by atoms with Crippen molar-refractivity contribution in [2.45, 2.75) is 37.7 Å². The first kappa shape index (κ1) is 31.4. The maximum absolute atomic E-state index is 12.7. The van der Waals surface area contributed by atoms with Crippen LogP contribution in [0.3, 0.4) is 0 Å². The van der Waals surface area contributed by atoms with Crippen LogP contribution in [0.1, 0.15) is 35.4 Å². The van der Waals surface area contributed by atoms with Gasteiger partial charge in [0.15, 0.2) is 15.6 Å². The minimum absolute atomic E-state index is 0.0510. The number of nitrogens with zero attached hydrogens (tertiary/aromatic N) is 2. The van der Waals surface area contributed by atoms with E-state index in [0.29, 0.717) is 24.0 Å². The molecular formula is C22H29N5O10S2. The number of aryl methyl sites for hydroxylation is 2. The quantitative estimate of drug-likeness (QED) is 0.142. The van der Waals surface area contributed by atoms with Crippen molar-refractivity contribution in [2.24, 2.45) is 16.8 Å². The third-order valence-electron chi connectivity index (χ3n) is 5.27. The van der Waals surface area contributed by atoms with Gasteiger partial charge >= 0.3 is 5.97 Å². The molecule has 0 aliphatic carbocycles. The molecule has 1 amide bonds. The van der Waals surface area contributed by atoms with Gasteiger partial charge in [-0.2, -0.15) is 8.42 Å². The van der Waals surface area contributed by atoms with Crippen LogP contribution in [0, 0.1) is 25.2 Å². The van der Waals surface area contributed by atoms with Crippen LogP contribution in [0.5, 0.6) is 0 Å². The predicted octanol–water partition coefficient (Wildman–Crippen LogP) is 0.254. The Hall–Kier alpha value is -3.83. The van der Waals surface area contributed by atoms with Crippen molar-refractivity contribution in [3.63, 3.8) is 0 Å². The zero-order valence-corrected chi connectivity index (χ0v) is 22.9. The summed E-state index contributed by atoms with van der Waals surface area (Å²) in [5, 5.41) is 27.0. The number of nitrogen functional groups attached to an aromatic ring is 1. The molecule has 0 fully saturated rings. The van der Waals surface area contributed by atoms with Crippen molar-refractivity contribution >= 4 is 43.4 Å². The summed E-state index contributed by atoms with van der Waals surface area (Å²) in [7, 11) is -7.66. The van der Waals surface area contributed by atoms with E-state index in [0.717, 1.165) is 5.56 Å². The summed E-state index contributed by atoms with van der Waals surface area (Å²) in [5.74, 6) is -3.89. The van der Waals surface area contributed by atoms with Crippen molar-refractivity contribution in [2.75, 3.05) is 18.6 Å². The van der Waals surface area contributed by atoms with Gasteiger partial charge < -0.3 is 25.5 Å². The molecule has 1 aromatic heterocycles. The Balaban J connectivity index is 0.000000976. The van der Waals surface area contributed by atoms with Crippen molar-refractivity contribution in [1.29, 1.82) is 5.41 Å². The van der Waals surface area contributed by atoms with Crippen molar-refractivity contribution in [3.8, 4) is 0 Å². The van der Waals surface area contributed by atoms with Crippen LogP contribution in [0.25, 0.3) is 0 Å². The molecule has 0 radical (unpaired) electrons. The van der Waals surface area contributed by atoms with E-state index in [1.165, 1.54) is 13.8 Å². The van der Waals surface area contributed by atoms with Crippen LogP contribution >= 0.6 is 0 Å². The summed E-state index contributed by atoms with van der Waals surface area (Å²) >= 11 is 0. The lowest BCUT2D eigenvalue weighted by Gasteiger charge is -2.15. The first-order valence-corrected chi connectivity index (χ1v) is 14.7. The molecule has 1 aliphatic rings. The molecule has 39 heavy (non-hydrogen) atoms. The normalized spacial score (nSPS) is 15.8. The number of carboxylic acids is 1. The van der Waals surface area contributed by atoms with Gasteiger partial charge in [0.05, 0.1) is 35.8 Å². The Morgan fingerprint density at radius 3 is 2.28 bits per heavy atom. The minimum atomic E-state index is -3.99. The molecule has 0 unspecified atom stereocenters. The molecule has 1 aromatic carbocycles. The molecule has 214 valence electrons. The standard InChI is InChI=1S/C21H25N5O7S.CH4O3S/c1-11-19(12(2)32-25-11)34(30,31)10-15(21(28)29)9-24-18(27)8-16-7-17(26-33-16)13-3-5-14(6-4-13)20(22)23;1-5(2,3)4/h3-6,15-16H,7-10H2,1-2H3,(H3,22,23)(H,24,27)(H,28,29);1H3,(H,2,3,4)/t15-,16+;/m0./s1. The van der Waals surface area contributed by atoms with E-state index in [2.05, 4.69) is 15.6 Å². The van der Waals surface area contributed by atoms with E-state index in [1.54, 1.807) is 24.3 Å². The summed E-state index contributed by atoms with van der Waals surface area (Å²) in [4.78, 5) is 29.1. The average molecular weight is 588 g/mol. The van der Waals surface area contributed by atoms with Gasteiger partial charge in [-0.05, 0) is 19.4 Å². The number of nitrogens with one attached hydrogen (secondary N) is 2. The number of hydrogen-bond donors (Lipinski definition) is 5. The van der Waals surface area contributed by atoms with Crippen molar-refractivity contribution < 1.29 is 45.4 Å². The van der Waals surface area contributed by atoms with Crippen molar-refractivity contribution in [1.82, 2.24) is 10.5 Å². The molecule has 2 atom stereocenters. The molecule has 0 saturated carbocycles. The highest BCUT2D eigenvalue weighted by Crippen LogP contribution is 2.23. The van der Waals surface area contributed by atoms with E-state index >= 15 is 0 Å². The fourth-order valence-electron chi connectivity index (χ4n) is 3.55. The summed E-state index contributed by atoms with van der Waals surface area (Å²) in [6.07, 6.45) is 0.446. The van der Waals surface area contributed by atoms with Gasteiger partial charge in [-0.3, -0.25) is 19.6 Å².